The van der Waals surface area contributed by atoms with E-state index in [1.54, 1.807) is 0 Å². The molecule has 2 N–H and O–H groups in total. The molecule has 0 spiro atoms. The van der Waals surface area contributed by atoms with E-state index in [1.165, 1.54) is 38.0 Å². The summed E-state index contributed by atoms with van der Waals surface area (Å²) in [5.41, 5.74) is 1.42. The third-order valence-electron chi connectivity index (χ3n) is 6.27. The van der Waals surface area contributed by atoms with Gasteiger partial charge in [0.15, 0.2) is 5.96 Å². The second kappa shape index (κ2) is 17.6. The van der Waals surface area contributed by atoms with Gasteiger partial charge in [0.05, 0.1) is 0 Å². The Balaban J connectivity index is 0.00000512. The van der Waals surface area contributed by atoms with Crippen LogP contribution in [-0.4, -0.2) is 92.7 Å². The van der Waals surface area contributed by atoms with Crippen molar-refractivity contribution in [3.05, 3.63) is 35.9 Å². The average molecular weight is 559 g/mol. The lowest BCUT2D eigenvalue weighted by Gasteiger charge is -2.34. The topological polar surface area (TPSA) is 46.1 Å². The summed E-state index contributed by atoms with van der Waals surface area (Å²) in [7, 11) is 1.86. The van der Waals surface area contributed by atoms with Crippen LogP contribution in [0.2, 0.25) is 0 Å². The number of benzene rings is 1. The van der Waals surface area contributed by atoms with Gasteiger partial charge in [-0.2, -0.15) is 0 Å². The fourth-order valence-electron chi connectivity index (χ4n) is 4.18. The molecule has 1 fully saturated rings. The summed E-state index contributed by atoms with van der Waals surface area (Å²) in [6, 6.07) is 11.3. The Labute approximate surface area is 214 Å². The lowest BCUT2D eigenvalue weighted by Crippen LogP contribution is -2.47. The highest BCUT2D eigenvalue weighted by atomic mass is 127. The second-order valence-electron chi connectivity index (χ2n) is 8.67. The Morgan fingerprint density at radius 2 is 1.69 bits per heavy atom. The summed E-state index contributed by atoms with van der Waals surface area (Å²) < 4.78 is 0. The van der Waals surface area contributed by atoms with Crippen molar-refractivity contribution < 1.29 is 0 Å². The number of hydrogen-bond acceptors (Lipinski definition) is 4. The molecule has 1 aromatic rings. The first-order chi connectivity index (χ1) is 15.1. The summed E-state index contributed by atoms with van der Waals surface area (Å²) in [5, 5.41) is 7.04. The largest absolute Gasteiger partial charge is 0.356 e. The van der Waals surface area contributed by atoms with E-state index < -0.39 is 0 Å². The number of nitrogens with zero attached hydrogens (tertiary/aromatic N) is 4. The predicted octanol–water partition coefficient (Wildman–Crippen LogP) is 3.49. The molecular weight excluding hydrogens is 511 g/mol. The number of hydrogen-bond donors (Lipinski definition) is 2. The fourth-order valence-corrected chi connectivity index (χ4v) is 4.18. The lowest BCUT2D eigenvalue weighted by atomic mass is 10.2. The summed E-state index contributed by atoms with van der Waals surface area (Å²) in [4.78, 5) is 12.0. The van der Waals surface area contributed by atoms with Crippen molar-refractivity contribution in [1.29, 1.82) is 0 Å². The number of nitrogens with one attached hydrogen (secondary N) is 2. The molecule has 1 aromatic carbocycles. The van der Waals surface area contributed by atoms with Gasteiger partial charge in [-0.25, -0.2) is 0 Å². The molecule has 1 heterocycles. The first-order valence-electron chi connectivity index (χ1n) is 12.3. The molecule has 1 atom stereocenters. The molecule has 1 aliphatic rings. The number of piperazine rings is 1. The second-order valence-corrected chi connectivity index (χ2v) is 8.67. The van der Waals surface area contributed by atoms with E-state index in [9.17, 15) is 0 Å². The van der Waals surface area contributed by atoms with Gasteiger partial charge in [0.25, 0.3) is 0 Å². The van der Waals surface area contributed by atoms with E-state index in [2.05, 4.69) is 81.4 Å². The molecule has 6 nitrogen and oxygen atoms in total. The Morgan fingerprint density at radius 3 is 2.31 bits per heavy atom. The highest BCUT2D eigenvalue weighted by Gasteiger charge is 2.16. The summed E-state index contributed by atoms with van der Waals surface area (Å²) >= 11 is 0. The van der Waals surface area contributed by atoms with Gasteiger partial charge >= 0.3 is 0 Å². The van der Waals surface area contributed by atoms with Crippen LogP contribution in [0, 0.1) is 0 Å². The Morgan fingerprint density at radius 1 is 1.03 bits per heavy atom. The first kappa shape index (κ1) is 29.1. The molecule has 0 amide bonds. The fraction of sp³-hybridized carbons (Fsp3) is 0.720. The van der Waals surface area contributed by atoms with Crippen LogP contribution >= 0.6 is 24.0 Å². The van der Waals surface area contributed by atoms with E-state index >= 15 is 0 Å². The average Bonchev–Trinajstić information content (AvgIpc) is 2.80. The minimum atomic E-state index is 0. The van der Waals surface area contributed by atoms with E-state index in [1.807, 2.05) is 7.05 Å². The molecular formula is C25H47IN6. The third-order valence-corrected chi connectivity index (χ3v) is 6.27. The van der Waals surface area contributed by atoms with Crippen molar-refractivity contribution in [2.24, 2.45) is 4.99 Å². The molecule has 0 radical (unpaired) electrons. The monoisotopic (exact) mass is 558 g/mol. The van der Waals surface area contributed by atoms with Gasteiger partial charge < -0.3 is 20.4 Å². The summed E-state index contributed by atoms with van der Waals surface area (Å²) in [6.07, 6.45) is 3.54. The SMILES string of the molecule is CCN(CC)CCCC(C)NC(=NC)NCCCN1CCN(Cc2ccccc2)CC1.I. The highest BCUT2D eigenvalue weighted by Crippen LogP contribution is 2.08. The maximum atomic E-state index is 4.40. The van der Waals surface area contributed by atoms with Crippen LogP contribution in [0.1, 0.15) is 45.6 Å². The number of halogens is 1. The van der Waals surface area contributed by atoms with E-state index in [4.69, 9.17) is 0 Å². The quantitative estimate of drug-likeness (QED) is 0.168. The molecule has 184 valence electrons. The zero-order valence-electron chi connectivity index (χ0n) is 20.9. The van der Waals surface area contributed by atoms with E-state index in [-0.39, 0.29) is 24.0 Å². The highest BCUT2D eigenvalue weighted by molar-refractivity contribution is 14.0. The third kappa shape index (κ3) is 11.8. The van der Waals surface area contributed by atoms with Crippen LogP contribution in [0.15, 0.2) is 35.3 Å². The summed E-state index contributed by atoms with van der Waals surface area (Å²) in [5.74, 6) is 0.933. The molecule has 2 rings (SSSR count). The van der Waals surface area contributed by atoms with Gasteiger partial charge in [0, 0.05) is 52.4 Å². The van der Waals surface area contributed by atoms with Gasteiger partial charge in [-0.05, 0) is 57.9 Å². The molecule has 7 heteroatoms. The lowest BCUT2D eigenvalue weighted by molar-refractivity contribution is 0.126. The normalized spacial score (nSPS) is 16.6. The van der Waals surface area contributed by atoms with Crippen molar-refractivity contribution in [2.75, 3.05) is 66.0 Å². The van der Waals surface area contributed by atoms with Crippen molar-refractivity contribution in [2.45, 2.75) is 52.6 Å². The van der Waals surface area contributed by atoms with E-state index in [0.717, 1.165) is 58.2 Å². The molecule has 0 bridgehead atoms. The first-order valence-corrected chi connectivity index (χ1v) is 12.3. The number of rotatable bonds is 13. The molecule has 0 aliphatic carbocycles. The van der Waals surface area contributed by atoms with Crippen molar-refractivity contribution >= 4 is 29.9 Å². The maximum absolute atomic E-state index is 4.40. The molecule has 32 heavy (non-hydrogen) atoms. The van der Waals surface area contributed by atoms with Gasteiger partial charge in [-0.1, -0.05) is 44.2 Å². The molecule has 1 unspecified atom stereocenters. The molecule has 1 saturated heterocycles. The minimum absolute atomic E-state index is 0. The van der Waals surface area contributed by atoms with Gasteiger partial charge in [0.2, 0.25) is 0 Å². The number of guanidine groups is 1. The zero-order chi connectivity index (χ0) is 22.3. The Bertz CT molecular complexity index is 600. The standard InChI is InChI=1S/C25H46N6.HI/c1-5-29(6-2)16-10-12-23(3)28-25(26-4)27-15-11-17-30-18-20-31(21-19-30)22-24-13-8-7-9-14-24;/h7-9,13-14,23H,5-6,10-12,15-22H2,1-4H3,(H2,26,27,28);1H. The van der Waals surface area contributed by atoms with E-state index in [0.29, 0.717) is 6.04 Å². The van der Waals surface area contributed by atoms with Crippen LogP contribution in [0.4, 0.5) is 0 Å². The van der Waals surface area contributed by atoms with Crippen LogP contribution in [0.5, 0.6) is 0 Å². The van der Waals surface area contributed by atoms with Crippen LogP contribution < -0.4 is 10.6 Å². The summed E-state index contributed by atoms with van der Waals surface area (Å²) in [6.45, 7) is 18.1. The molecule has 0 saturated carbocycles. The van der Waals surface area contributed by atoms with Crippen molar-refractivity contribution in [3.63, 3.8) is 0 Å². The zero-order valence-corrected chi connectivity index (χ0v) is 23.2. The van der Waals surface area contributed by atoms with Crippen molar-refractivity contribution in [3.8, 4) is 0 Å². The van der Waals surface area contributed by atoms with Crippen molar-refractivity contribution in [1.82, 2.24) is 25.3 Å². The van der Waals surface area contributed by atoms with Crippen LogP contribution in [-0.2, 0) is 6.54 Å². The minimum Gasteiger partial charge on any atom is -0.356 e. The molecule has 0 aromatic heterocycles. The smallest absolute Gasteiger partial charge is 0.191 e. The maximum Gasteiger partial charge on any atom is 0.191 e. The Kier molecular flexibility index (Phi) is 16.0. The number of aliphatic imine (C=N–C) groups is 1. The van der Waals surface area contributed by atoms with Gasteiger partial charge in [0.1, 0.15) is 0 Å². The van der Waals surface area contributed by atoms with Crippen LogP contribution in [0.25, 0.3) is 0 Å². The van der Waals surface area contributed by atoms with Gasteiger partial charge in [-0.15, -0.1) is 24.0 Å². The van der Waals surface area contributed by atoms with Crippen LogP contribution in [0.3, 0.4) is 0 Å². The Hall–Kier alpha value is -0.900. The van der Waals surface area contributed by atoms with Gasteiger partial charge in [-0.3, -0.25) is 9.89 Å². The predicted molar refractivity (Wildman–Crippen MR) is 149 cm³/mol. The molecule has 1 aliphatic heterocycles.